The number of carbonyl (C=O) groups excluding carboxylic acids is 2. The molecule has 0 aromatic carbocycles. The van der Waals surface area contributed by atoms with Crippen LogP contribution in [0.15, 0.2) is 0 Å². The topological polar surface area (TPSA) is 84.2 Å². The third-order valence-corrected chi connectivity index (χ3v) is 4.92. The van der Waals surface area contributed by atoms with E-state index in [1.807, 2.05) is 0 Å². The van der Waals surface area contributed by atoms with E-state index in [9.17, 15) is 9.59 Å². The van der Waals surface area contributed by atoms with E-state index in [-0.39, 0.29) is 17.2 Å². The highest BCUT2D eigenvalue weighted by molar-refractivity contribution is 7.99. The van der Waals surface area contributed by atoms with Gasteiger partial charge < -0.3 is 16.4 Å². The van der Waals surface area contributed by atoms with Gasteiger partial charge in [-0.1, -0.05) is 19.3 Å². The van der Waals surface area contributed by atoms with Crippen LogP contribution in [0.1, 0.15) is 38.5 Å². The van der Waals surface area contributed by atoms with Crippen molar-refractivity contribution >= 4 is 23.6 Å². The zero-order valence-electron chi connectivity index (χ0n) is 12.4. The van der Waals surface area contributed by atoms with Crippen molar-refractivity contribution in [2.24, 2.45) is 11.1 Å². The molecule has 6 heteroatoms. The van der Waals surface area contributed by atoms with Crippen molar-refractivity contribution in [3.8, 4) is 0 Å². The van der Waals surface area contributed by atoms with Gasteiger partial charge in [0.2, 0.25) is 11.8 Å². The molecule has 0 aliphatic heterocycles. The highest BCUT2D eigenvalue weighted by Crippen LogP contribution is 2.38. The predicted octanol–water partition coefficient (Wildman–Crippen LogP) is 0.881. The lowest BCUT2D eigenvalue weighted by molar-refractivity contribution is -0.123. The summed E-state index contributed by atoms with van der Waals surface area (Å²) < 4.78 is 0. The first kappa shape index (κ1) is 17.3. The van der Waals surface area contributed by atoms with Gasteiger partial charge >= 0.3 is 0 Å². The number of rotatable bonds is 8. The van der Waals surface area contributed by atoms with Crippen LogP contribution in [0.5, 0.6) is 0 Å². The second-order valence-corrected chi connectivity index (χ2v) is 6.62. The molecule has 1 saturated carbocycles. The fraction of sp³-hybridized carbons (Fsp3) is 0.857. The number of thioether (sulfide) groups is 1. The largest absolute Gasteiger partial charge is 0.358 e. The normalized spacial score (nSPS) is 17.5. The lowest BCUT2D eigenvalue weighted by atomic mass is 9.72. The third kappa shape index (κ3) is 6.13. The van der Waals surface area contributed by atoms with Crippen molar-refractivity contribution in [2.45, 2.75) is 38.5 Å². The minimum absolute atomic E-state index is 0.0191. The molecule has 0 aromatic rings. The molecule has 20 heavy (non-hydrogen) atoms. The molecular weight excluding hydrogens is 274 g/mol. The Labute approximate surface area is 125 Å². The highest BCUT2D eigenvalue weighted by atomic mass is 32.2. The summed E-state index contributed by atoms with van der Waals surface area (Å²) in [6.07, 6.45) is 6.33. The minimum Gasteiger partial charge on any atom is -0.358 e. The quantitative estimate of drug-likeness (QED) is 0.581. The summed E-state index contributed by atoms with van der Waals surface area (Å²) in [6.45, 7) is 1.22. The van der Waals surface area contributed by atoms with Crippen LogP contribution in [-0.2, 0) is 9.59 Å². The Balaban J connectivity index is 2.17. The summed E-state index contributed by atoms with van der Waals surface area (Å²) >= 11 is 1.53. The standard InChI is InChI=1S/C14H27N3O2S/c1-16-13(19)10-20-8-7-17-12(18)9-14(11-15)5-3-2-4-6-14/h2-11,15H2,1H3,(H,16,19)(H,17,18). The molecule has 0 atom stereocenters. The second-order valence-electron chi connectivity index (χ2n) is 5.52. The molecule has 2 amide bonds. The van der Waals surface area contributed by atoms with Gasteiger partial charge in [0.25, 0.3) is 0 Å². The maximum Gasteiger partial charge on any atom is 0.229 e. The van der Waals surface area contributed by atoms with Crippen LogP contribution in [0.3, 0.4) is 0 Å². The number of hydrogen-bond acceptors (Lipinski definition) is 4. The smallest absolute Gasteiger partial charge is 0.229 e. The zero-order chi connectivity index (χ0) is 14.8. The molecule has 4 N–H and O–H groups in total. The summed E-state index contributed by atoms with van der Waals surface area (Å²) in [5.41, 5.74) is 5.91. The summed E-state index contributed by atoms with van der Waals surface area (Å²) in [6, 6.07) is 0. The molecular formula is C14H27N3O2S. The van der Waals surface area contributed by atoms with Gasteiger partial charge in [-0.2, -0.15) is 11.8 Å². The maximum absolute atomic E-state index is 12.0. The lowest BCUT2D eigenvalue weighted by Gasteiger charge is -2.35. The molecule has 1 aliphatic rings. The predicted molar refractivity (Wildman–Crippen MR) is 83.6 cm³/mol. The molecule has 0 bridgehead atoms. The Morgan fingerprint density at radius 1 is 1.20 bits per heavy atom. The monoisotopic (exact) mass is 301 g/mol. The van der Waals surface area contributed by atoms with E-state index in [0.29, 0.717) is 25.3 Å². The number of carbonyl (C=O) groups is 2. The summed E-state index contributed by atoms with van der Waals surface area (Å²) in [5.74, 6) is 1.32. The van der Waals surface area contributed by atoms with Gasteiger partial charge in [0.05, 0.1) is 5.75 Å². The van der Waals surface area contributed by atoms with Crippen LogP contribution >= 0.6 is 11.8 Å². The van der Waals surface area contributed by atoms with Crippen molar-refractivity contribution in [2.75, 3.05) is 31.6 Å². The van der Waals surface area contributed by atoms with E-state index in [1.165, 1.54) is 31.0 Å². The Morgan fingerprint density at radius 3 is 2.50 bits per heavy atom. The number of amides is 2. The molecule has 0 spiro atoms. The Morgan fingerprint density at radius 2 is 1.90 bits per heavy atom. The van der Waals surface area contributed by atoms with Crippen molar-refractivity contribution in [3.05, 3.63) is 0 Å². The van der Waals surface area contributed by atoms with Crippen LogP contribution in [0.25, 0.3) is 0 Å². The molecule has 0 heterocycles. The van der Waals surface area contributed by atoms with Crippen LogP contribution in [0, 0.1) is 5.41 Å². The average molecular weight is 301 g/mol. The van der Waals surface area contributed by atoms with Crippen molar-refractivity contribution < 1.29 is 9.59 Å². The van der Waals surface area contributed by atoms with Crippen LogP contribution in [-0.4, -0.2) is 43.5 Å². The van der Waals surface area contributed by atoms with Gasteiger partial charge in [0, 0.05) is 25.8 Å². The lowest BCUT2D eigenvalue weighted by Crippen LogP contribution is -2.39. The van der Waals surface area contributed by atoms with Crippen molar-refractivity contribution in [1.82, 2.24) is 10.6 Å². The fourth-order valence-corrected chi connectivity index (χ4v) is 3.38. The molecule has 0 aromatic heterocycles. The van der Waals surface area contributed by atoms with E-state index < -0.39 is 0 Å². The SMILES string of the molecule is CNC(=O)CSCCNC(=O)CC1(CN)CCCCC1. The van der Waals surface area contributed by atoms with E-state index in [1.54, 1.807) is 7.05 Å². The van der Waals surface area contributed by atoms with Crippen LogP contribution < -0.4 is 16.4 Å². The first-order valence-electron chi connectivity index (χ1n) is 7.37. The molecule has 0 saturated heterocycles. The Kier molecular flexibility index (Phi) is 7.99. The Hall–Kier alpha value is -0.750. The van der Waals surface area contributed by atoms with Gasteiger partial charge in [0.15, 0.2) is 0 Å². The van der Waals surface area contributed by atoms with E-state index >= 15 is 0 Å². The van der Waals surface area contributed by atoms with Crippen LogP contribution in [0.2, 0.25) is 0 Å². The number of hydrogen-bond donors (Lipinski definition) is 3. The molecule has 1 rings (SSSR count). The van der Waals surface area contributed by atoms with Gasteiger partial charge in [-0.15, -0.1) is 0 Å². The second kappa shape index (κ2) is 9.23. The van der Waals surface area contributed by atoms with Gasteiger partial charge in [-0.25, -0.2) is 0 Å². The number of nitrogens with one attached hydrogen (secondary N) is 2. The maximum atomic E-state index is 12.0. The van der Waals surface area contributed by atoms with Crippen molar-refractivity contribution in [3.63, 3.8) is 0 Å². The van der Waals surface area contributed by atoms with Gasteiger partial charge in [-0.05, 0) is 24.8 Å². The van der Waals surface area contributed by atoms with E-state index in [4.69, 9.17) is 5.73 Å². The fourth-order valence-electron chi connectivity index (χ4n) is 2.66. The average Bonchev–Trinajstić information content (AvgIpc) is 2.47. The molecule has 0 unspecified atom stereocenters. The van der Waals surface area contributed by atoms with E-state index in [0.717, 1.165) is 18.6 Å². The highest BCUT2D eigenvalue weighted by Gasteiger charge is 2.32. The molecule has 1 aliphatic carbocycles. The first-order valence-corrected chi connectivity index (χ1v) is 8.52. The summed E-state index contributed by atoms with van der Waals surface area (Å²) in [5, 5.41) is 5.50. The number of nitrogens with two attached hydrogens (primary N) is 1. The molecule has 116 valence electrons. The summed E-state index contributed by atoms with van der Waals surface area (Å²) in [7, 11) is 1.63. The van der Waals surface area contributed by atoms with E-state index in [2.05, 4.69) is 10.6 Å². The summed E-state index contributed by atoms with van der Waals surface area (Å²) in [4.78, 5) is 23.0. The van der Waals surface area contributed by atoms with Gasteiger partial charge in [0.1, 0.15) is 0 Å². The van der Waals surface area contributed by atoms with Gasteiger partial charge in [-0.3, -0.25) is 9.59 Å². The first-order chi connectivity index (χ1) is 9.62. The molecule has 5 nitrogen and oxygen atoms in total. The molecule has 0 radical (unpaired) electrons. The Bertz CT molecular complexity index is 318. The minimum atomic E-state index is 0.0191. The van der Waals surface area contributed by atoms with Crippen molar-refractivity contribution in [1.29, 1.82) is 0 Å². The molecule has 1 fully saturated rings. The zero-order valence-corrected chi connectivity index (χ0v) is 13.2. The third-order valence-electron chi connectivity index (χ3n) is 3.96. The van der Waals surface area contributed by atoms with Crippen LogP contribution in [0.4, 0.5) is 0 Å².